The third-order valence-electron chi connectivity index (χ3n) is 7.31. The molecule has 0 saturated carbocycles. The summed E-state index contributed by atoms with van der Waals surface area (Å²) in [7, 11) is -0.283. The summed E-state index contributed by atoms with van der Waals surface area (Å²) >= 11 is 0. The maximum Gasteiger partial charge on any atom is 0.441 e. The van der Waals surface area contributed by atoms with E-state index in [2.05, 4.69) is 19.6 Å². The zero-order chi connectivity index (χ0) is 32.8. The van der Waals surface area contributed by atoms with E-state index in [9.17, 15) is 15.2 Å². The molecule has 0 radical (unpaired) electrons. The molecule has 0 fully saturated rings. The highest BCUT2D eigenvalue weighted by Gasteiger charge is 2.60. The Bertz CT molecular complexity index is 1760. The van der Waals surface area contributed by atoms with E-state index in [0.717, 1.165) is 15.2 Å². The molecule has 2 aromatic heterocycles. The van der Waals surface area contributed by atoms with E-state index in [1.54, 1.807) is 33.8 Å². The Labute approximate surface area is 255 Å². The number of aromatic nitrogens is 2. The van der Waals surface area contributed by atoms with Gasteiger partial charge in [-0.15, -0.1) is 0 Å². The van der Waals surface area contributed by atoms with Crippen molar-refractivity contribution in [3.63, 3.8) is 0 Å². The van der Waals surface area contributed by atoms with Crippen LogP contribution < -0.4 is 4.74 Å². The summed E-state index contributed by atoms with van der Waals surface area (Å²) in [4.78, 5) is 13.1. The van der Waals surface area contributed by atoms with Crippen molar-refractivity contribution in [1.82, 2.24) is 9.13 Å². The van der Waals surface area contributed by atoms with Gasteiger partial charge in [0.2, 0.25) is 0 Å². The van der Waals surface area contributed by atoms with Crippen molar-refractivity contribution in [3.8, 4) is 11.8 Å². The molecule has 0 spiro atoms. The van der Waals surface area contributed by atoms with E-state index in [-0.39, 0.29) is 34.5 Å². The van der Waals surface area contributed by atoms with Crippen molar-refractivity contribution in [2.75, 3.05) is 13.7 Å². The van der Waals surface area contributed by atoms with Crippen LogP contribution in [0.5, 0.6) is 5.75 Å². The average Bonchev–Trinajstić information content (AvgIpc) is 3.50. The van der Waals surface area contributed by atoms with Crippen LogP contribution in [0.3, 0.4) is 0 Å². The molecule has 1 atom stereocenters. The van der Waals surface area contributed by atoms with Crippen molar-refractivity contribution < 1.29 is 37.3 Å². The highest BCUT2D eigenvalue weighted by atomic mass is 28.3. The molecule has 0 bridgehead atoms. The van der Waals surface area contributed by atoms with Gasteiger partial charge in [-0.2, -0.15) is 18.4 Å². The normalized spacial score (nSPS) is 14.1. The Hall–Kier alpha value is -3.79. The number of benzene rings is 2. The Kier molecular flexibility index (Phi) is 8.74. The van der Waals surface area contributed by atoms with Gasteiger partial charge >= 0.3 is 12.3 Å². The minimum atomic E-state index is -5.28. The number of fused-ring (bicyclic) bond motifs is 2. The number of nitriles is 1. The third kappa shape index (κ3) is 6.22. The molecular weight excluding hydrogens is 591 g/mol. The van der Waals surface area contributed by atoms with Crippen molar-refractivity contribution >= 4 is 35.8 Å². The summed E-state index contributed by atoms with van der Waals surface area (Å²) in [6.07, 6.45) is -3.57. The number of methoxy groups -OCH3 is 1. The van der Waals surface area contributed by atoms with Gasteiger partial charge < -0.3 is 23.9 Å². The molecule has 1 unspecified atom stereocenters. The predicted octanol–water partition coefficient (Wildman–Crippen LogP) is 7.68. The van der Waals surface area contributed by atoms with Crippen LogP contribution in [-0.4, -0.2) is 53.9 Å². The average molecular weight is 630 g/mol. The van der Waals surface area contributed by atoms with Crippen molar-refractivity contribution in [1.29, 1.82) is 5.26 Å². The lowest BCUT2D eigenvalue weighted by atomic mass is 9.94. The standard InChI is InChI=1S/C32H38F3N3O5Si/c1-20-15-26(41-5)27(24-11-12-37(28(20)24)29(39)43-30(2,3)4)31(40,32(33,34)35)38-18-22-16-21(17-36)9-10-23(22)25(38)19-42-13-14-44(6,7)8/h9-12,15-16,18,40H,13-14,19H2,1-8H3. The number of aryl methyl sites for hydroxylation is 1. The fourth-order valence-electron chi connectivity index (χ4n) is 5.22. The molecule has 0 aliphatic rings. The van der Waals surface area contributed by atoms with Crippen LogP contribution in [0.25, 0.3) is 21.7 Å². The topological polar surface area (TPSA) is 98.6 Å². The van der Waals surface area contributed by atoms with E-state index in [0.29, 0.717) is 22.9 Å². The number of hydrogen-bond acceptors (Lipinski definition) is 6. The lowest BCUT2D eigenvalue weighted by molar-refractivity contribution is -0.279. The first kappa shape index (κ1) is 33.1. The lowest BCUT2D eigenvalue weighted by Gasteiger charge is -2.35. The van der Waals surface area contributed by atoms with E-state index < -0.39 is 37.2 Å². The van der Waals surface area contributed by atoms with Gasteiger partial charge in [0.15, 0.2) is 0 Å². The van der Waals surface area contributed by atoms with E-state index in [1.807, 2.05) is 6.07 Å². The maximum atomic E-state index is 15.5. The van der Waals surface area contributed by atoms with Gasteiger partial charge in [-0.1, -0.05) is 25.7 Å². The van der Waals surface area contributed by atoms with Crippen LogP contribution in [0.15, 0.2) is 42.7 Å². The first-order valence-corrected chi connectivity index (χ1v) is 17.9. The van der Waals surface area contributed by atoms with Gasteiger partial charge in [0.1, 0.15) is 11.4 Å². The molecule has 4 rings (SSSR count). The summed E-state index contributed by atoms with van der Waals surface area (Å²) in [5.74, 6) is -0.224. The molecule has 2 heterocycles. The summed E-state index contributed by atoms with van der Waals surface area (Å²) < 4.78 is 65.3. The van der Waals surface area contributed by atoms with Gasteiger partial charge in [-0.25, -0.2) is 4.79 Å². The van der Waals surface area contributed by atoms with Gasteiger partial charge in [0, 0.05) is 43.2 Å². The number of hydrogen-bond donors (Lipinski definition) is 1. The molecular formula is C32H38F3N3O5Si. The van der Waals surface area contributed by atoms with Gasteiger partial charge in [0.05, 0.1) is 42.1 Å². The molecule has 0 amide bonds. The fourth-order valence-corrected chi connectivity index (χ4v) is 5.98. The van der Waals surface area contributed by atoms with Crippen molar-refractivity contribution in [2.24, 2.45) is 0 Å². The van der Waals surface area contributed by atoms with Crippen molar-refractivity contribution in [3.05, 3.63) is 65.1 Å². The highest BCUT2D eigenvalue weighted by Crippen LogP contribution is 2.49. The van der Waals surface area contributed by atoms with Crippen LogP contribution in [0.2, 0.25) is 25.7 Å². The Morgan fingerprint density at radius 2 is 1.77 bits per heavy atom. The second kappa shape index (κ2) is 11.6. The quantitative estimate of drug-likeness (QED) is 0.159. The Morgan fingerprint density at radius 3 is 2.34 bits per heavy atom. The molecule has 4 aromatic rings. The minimum Gasteiger partial charge on any atom is -0.496 e. The Balaban J connectivity index is 2.04. The first-order chi connectivity index (χ1) is 20.3. The summed E-state index contributed by atoms with van der Waals surface area (Å²) in [6, 6.07) is 10.0. The first-order valence-electron chi connectivity index (χ1n) is 14.2. The molecule has 2 aromatic carbocycles. The molecule has 44 heavy (non-hydrogen) atoms. The highest BCUT2D eigenvalue weighted by molar-refractivity contribution is 6.76. The Morgan fingerprint density at radius 1 is 1.09 bits per heavy atom. The molecule has 0 saturated heterocycles. The number of alkyl halides is 3. The van der Waals surface area contributed by atoms with Crippen LogP contribution in [0.4, 0.5) is 18.0 Å². The zero-order valence-corrected chi connectivity index (χ0v) is 27.2. The largest absolute Gasteiger partial charge is 0.496 e. The number of halogens is 3. The second-order valence-electron chi connectivity index (χ2n) is 13.1. The molecule has 0 aliphatic carbocycles. The summed E-state index contributed by atoms with van der Waals surface area (Å²) in [5.41, 5.74) is -4.24. The zero-order valence-electron chi connectivity index (χ0n) is 26.2. The molecule has 236 valence electrons. The van der Waals surface area contributed by atoms with Gasteiger partial charge in [0.25, 0.3) is 5.72 Å². The maximum absolute atomic E-state index is 15.5. The number of ether oxygens (including phenoxy) is 3. The van der Waals surface area contributed by atoms with Gasteiger partial charge in [-0.3, -0.25) is 4.57 Å². The van der Waals surface area contributed by atoms with Crippen LogP contribution in [-0.2, 0) is 21.8 Å². The number of carbonyl (C=O) groups excluding carboxylic acids is 1. The fraction of sp³-hybridized carbons (Fsp3) is 0.438. The van der Waals surface area contributed by atoms with Gasteiger partial charge in [-0.05, 0) is 63.6 Å². The van der Waals surface area contributed by atoms with E-state index in [4.69, 9.17) is 14.2 Å². The minimum absolute atomic E-state index is 0.0476. The third-order valence-corrected chi connectivity index (χ3v) is 9.02. The van der Waals surface area contributed by atoms with E-state index >= 15 is 13.2 Å². The molecule has 1 N–H and O–H groups in total. The molecule has 0 aliphatic heterocycles. The van der Waals surface area contributed by atoms with Crippen LogP contribution >= 0.6 is 0 Å². The second-order valence-corrected chi connectivity index (χ2v) is 18.7. The number of rotatable bonds is 8. The molecule has 8 nitrogen and oxygen atoms in total. The number of nitrogens with zero attached hydrogens (tertiary/aromatic N) is 3. The summed E-state index contributed by atoms with van der Waals surface area (Å²) in [6.45, 7) is 13.3. The summed E-state index contributed by atoms with van der Waals surface area (Å²) in [5, 5.41) is 22.3. The van der Waals surface area contributed by atoms with Crippen molar-refractivity contribution in [2.45, 2.75) is 77.5 Å². The smallest absolute Gasteiger partial charge is 0.441 e. The lowest BCUT2D eigenvalue weighted by Crippen LogP contribution is -2.49. The SMILES string of the molecule is COc1cc(C)c2c(ccn2C(=O)OC(C)(C)C)c1C(O)(n1cc2cc(C#N)ccc2c1COCC[Si](C)(C)C)C(F)(F)F. The molecule has 12 heteroatoms. The van der Waals surface area contributed by atoms with E-state index in [1.165, 1.54) is 43.8 Å². The number of carbonyl (C=O) groups is 1. The monoisotopic (exact) mass is 629 g/mol. The number of aliphatic hydroxyl groups is 1. The predicted molar refractivity (Wildman–Crippen MR) is 165 cm³/mol. The van der Waals surface area contributed by atoms with Crippen LogP contribution in [0, 0.1) is 18.3 Å². The van der Waals surface area contributed by atoms with Crippen LogP contribution in [0.1, 0.15) is 43.2 Å².